The van der Waals surface area contributed by atoms with Gasteiger partial charge in [0.15, 0.2) is 5.69 Å². The molecule has 0 bridgehead atoms. The molecular weight excluding hydrogens is 362 g/mol. The standard InChI is InChI=1S/C17H16F6N2O/c18-16(19,20)11-5-3-4-9-10(14(26)12-6-1-2-7-24-12)8-25-15(13(9)11)17(21,22)23/h3-5,8,12,14,24,26H,1-2,6-7H2/t12?,14-/m1/s1. The average molecular weight is 378 g/mol. The van der Waals surface area contributed by atoms with Gasteiger partial charge in [-0.15, -0.1) is 0 Å². The van der Waals surface area contributed by atoms with E-state index in [0.717, 1.165) is 31.2 Å². The van der Waals surface area contributed by atoms with Gasteiger partial charge in [0, 0.05) is 23.2 Å². The Morgan fingerprint density at radius 1 is 1.08 bits per heavy atom. The summed E-state index contributed by atoms with van der Waals surface area (Å²) >= 11 is 0. The lowest BCUT2D eigenvalue weighted by Gasteiger charge is -2.29. The highest BCUT2D eigenvalue weighted by Gasteiger charge is 2.41. The second-order valence-electron chi connectivity index (χ2n) is 6.29. The van der Waals surface area contributed by atoms with Gasteiger partial charge in [-0.3, -0.25) is 4.98 Å². The molecule has 142 valence electrons. The van der Waals surface area contributed by atoms with Crippen LogP contribution in [0, 0.1) is 0 Å². The van der Waals surface area contributed by atoms with Gasteiger partial charge in [0.1, 0.15) is 0 Å². The van der Waals surface area contributed by atoms with Crippen LogP contribution in [-0.2, 0) is 12.4 Å². The van der Waals surface area contributed by atoms with Crippen molar-refractivity contribution in [2.45, 2.75) is 43.8 Å². The van der Waals surface area contributed by atoms with Gasteiger partial charge in [-0.25, -0.2) is 0 Å². The van der Waals surface area contributed by atoms with Crippen molar-refractivity contribution in [3.8, 4) is 0 Å². The van der Waals surface area contributed by atoms with E-state index in [2.05, 4.69) is 10.3 Å². The zero-order chi connectivity index (χ0) is 19.1. The molecule has 1 unspecified atom stereocenters. The summed E-state index contributed by atoms with van der Waals surface area (Å²) in [5.41, 5.74) is -3.06. The van der Waals surface area contributed by atoms with Crippen molar-refractivity contribution < 1.29 is 31.4 Å². The average Bonchev–Trinajstić information content (AvgIpc) is 2.58. The number of alkyl halides is 6. The number of pyridine rings is 1. The van der Waals surface area contributed by atoms with Gasteiger partial charge in [0.05, 0.1) is 11.7 Å². The van der Waals surface area contributed by atoms with Crippen LogP contribution in [0.5, 0.6) is 0 Å². The maximum Gasteiger partial charge on any atom is 0.433 e. The van der Waals surface area contributed by atoms with Crippen LogP contribution in [-0.4, -0.2) is 22.7 Å². The molecule has 0 spiro atoms. The van der Waals surface area contributed by atoms with Crippen LogP contribution in [0.2, 0.25) is 0 Å². The van der Waals surface area contributed by atoms with E-state index in [0.29, 0.717) is 19.0 Å². The minimum absolute atomic E-state index is 0.0431. The van der Waals surface area contributed by atoms with Crippen molar-refractivity contribution in [2.75, 3.05) is 6.54 Å². The summed E-state index contributed by atoms with van der Waals surface area (Å²) in [6, 6.07) is 2.34. The van der Waals surface area contributed by atoms with Crippen LogP contribution >= 0.6 is 0 Å². The molecule has 3 nitrogen and oxygen atoms in total. The Morgan fingerprint density at radius 3 is 2.38 bits per heavy atom. The Labute approximate surface area is 145 Å². The Bertz CT molecular complexity index is 776. The first-order chi connectivity index (χ1) is 12.1. The normalized spacial score (nSPS) is 20.3. The Balaban J connectivity index is 2.24. The van der Waals surface area contributed by atoms with Gasteiger partial charge < -0.3 is 10.4 Å². The first-order valence-electron chi connectivity index (χ1n) is 8.08. The van der Waals surface area contributed by atoms with Crippen LogP contribution in [0.25, 0.3) is 10.8 Å². The van der Waals surface area contributed by atoms with E-state index < -0.39 is 41.1 Å². The number of halogens is 6. The lowest BCUT2D eigenvalue weighted by molar-refractivity contribution is -0.142. The zero-order valence-corrected chi connectivity index (χ0v) is 13.5. The highest BCUT2D eigenvalue weighted by Crippen LogP contribution is 2.43. The first kappa shape index (κ1) is 18.9. The Kier molecular flexibility index (Phi) is 4.87. The number of nitrogens with one attached hydrogen (secondary N) is 1. The summed E-state index contributed by atoms with van der Waals surface area (Å²) in [7, 11) is 0. The highest BCUT2D eigenvalue weighted by atomic mass is 19.4. The number of hydrogen-bond acceptors (Lipinski definition) is 3. The number of aromatic nitrogens is 1. The summed E-state index contributed by atoms with van der Waals surface area (Å²) < 4.78 is 79.7. The predicted molar refractivity (Wildman–Crippen MR) is 82.3 cm³/mol. The maximum atomic E-state index is 13.3. The van der Waals surface area contributed by atoms with E-state index in [4.69, 9.17) is 0 Å². The number of piperidine rings is 1. The van der Waals surface area contributed by atoms with E-state index in [1.165, 1.54) is 0 Å². The number of aliphatic hydroxyl groups is 1. The quantitative estimate of drug-likeness (QED) is 0.759. The van der Waals surface area contributed by atoms with E-state index in [-0.39, 0.29) is 10.9 Å². The molecule has 26 heavy (non-hydrogen) atoms. The molecular formula is C17H16F6N2O. The van der Waals surface area contributed by atoms with Crippen molar-refractivity contribution in [3.63, 3.8) is 0 Å². The molecule has 2 atom stereocenters. The molecule has 1 saturated heterocycles. The summed E-state index contributed by atoms with van der Waals surface area (Å²) in [5.74, 6) is 0. The topological polar surface area (TPSA) is 45.2 Å². The Hall–Kier alpha value is -1.87. The van der Waals surface area contributed by atoms with Crippen LogP contribution in [0.4, 0.5) is 26.3 Å². The minimum atomic E-state index is -5.05. The SMILES string of the molecule is O[C@H](c1cnc(C(F)(F)F)c2c(C(F)(F)F)cccc12)C1CCCCN1. The van der Waals surface area contributed by atoms with Crippen LogP contribution < -0.4 is 5.32 Å². The molecule has 2 aromatic rings. The Morgan fingerprint density at radius 2 is 1.81 bits per heavy atom. The van der Waals surface area contributed by atoms with Gasteiger partial charge in [0.2, 0.25) is 0 Å². The molecule has 1 fully saturated rings. The maximum absolute atomic E-state index is 13.3. The molecule has 0 saturated carbocycles. The zero-order valence-electron chi connectivity index (χ0n) is 13.5. The van der Waals surface area contributed by atoms with E-state index >= 15 is 0 Å². The highest BCUT2D eigenvalue weighted by molar-refractivity contribution is 5.91. The third-order valence-corrected chi connectivity index (χ3v) is 4.57. The predicted octanol–water partition coefficient (Wildman–Crippen LogP) is 4.45. The molecule has 0 radical (unpaired) electrons. The van der Waals surface area contributed by atoms with Gasteiger partial charge in [-0.05, 0) is 30.8 Å². The van der Waals surface area contributed by atoms with Crippen molar-refractivity contribution in [1.29, 1.82) is 0 Å². The number of fused-ring (bicyclic) bond motifs is 1. The number of aliphatic hydroxyl groups excluding tert-OH is 1. The minimum Gasteiger partial charge on any atom is -0.387 e. The second-order valence-corrected chi connectivity index (χ2v) is 6.29. The monoisotopic (exact) mass is 378 g/mol. The molecule has 0 aliphatic carbocycles. The molecule has 2 heterocycles. The number of hydrogen-bond donors (Lipinski definition) is 2. The van der Waals surface area contributed by atoms with Crippen molar-refractivity contribution >= 4 is 10.8 Å². The molecule has 1 aliphatic rings. The third kappa shape index (κ3) is 3.50. The van der Waals surface area contributed by atoms with E-state index in [9.17, 15) is 31.4 Å². The summed E-state index contributed by atoms with van der Waals surface area (Å²) in [6.45, 7) is 0.627. The fourth-order valence-electron chi connectivity index (χ4n) is 3.37. The van der Waals surface area contributed by atoms with Crippen LogP contribution in [0.3, 0.4) is 0 Å². The number of rotatable bonds is 2. The van der Waals surface area contributed by atoms with Gasteiger partial charge in [-0.1, -0.05) is 18.6 Å². The first-order valence-corrected chi connectivity index (χ1v) is 8.08. The molecule has 1 aromatic heterocycles. The lowest BCUT2D eigenvalue weighted by Crippen LogP contribution is -2.39. The molecule has 2 N–H and O–H groups in total. The molecule has 1 aliphatic heterocycles. The summed E-state index contributed by atoms with van der Waals surface area (Å²) in [6.07, 6.45) is -8.17. The van der Waals surface area contributed by atoms with Crippen molar-refractivity contribution in [1.82, 2.24) is 10.3 Å². The lowest BCUT2D eigenvalue weighted by atomic mass is 9.91. The van der Waals surface area contributed by atoms with Gasteiger partial charge >= 0.3 is 12.4 Å². The van der Waals surface area contributed by atoms with E-state index in [1.807, 2.05) is 0 Å². The number of benzene rings is 1. The van der Waals surface area contributed by atoms with Crippen molar-refractivity contribution in [3.05, 3.63) is 41.2 Å². The van der Waals surface area contributed by atoms with Crippen LogP contribution in [0.15, 0.2) is 24.4 Å². The second kappa shape index (κ2) is 6.70. The fraction of sp³-hybridized carbons (Fsp3) is 0.471. The molecule has 0 amide bonds. The summed E-state index contributed by atoms with van der Waals surface area (Å²) in [4.78, 5) is 3.26. The van der Waals surface area contributed by atoms with Crippen molar-refractivity contribution in [2.24, 2.45) is 0 Å². The number of nitrogens with zero attached hydrogens (tertiary/aromatic N) is 1. The molecule has 1 aromatic carbocycles. The largest absolute Gasteiger partial charge is 0.433 e. The smallest absolute Gasteiger partial charge is 0.387 e. The molecule has 9 heteroatoms. The van der Waals surface area contributed by atoms with Crippen LogP contribution in [0.1, 0.15) is 42.2 Å². The van der Waals surface area contributed by atoms with Gasteiger partial charge in [0.25, 0.3) is 0 Å². The summed E-state index contributed by atoms with van der Waals surface area (Å²) in [5, 5.41) is 12.3. The third-order valence-electron chi connectivity index (χ3n) is 4.57. The van der Waals surface area contributed by atoms with Gasteiger partial charge in [-0.2, -0.15) is 26.3 Å². The van der Waals surface area contributed by atoms with E-state index in [1.54, 1.807) is 0 Å². The molecule has 3 rings (SSSR count). The fourth-order valence-corrected chi connectivity index (χ4v) is 3.37.